The summed E-state index contributed by atoms with van der Waals surface area (Å²) in [7, 11) is 0. The van der Waals surface area contributed by atoms with Gasteiger partial charge in [0.2, 0.25) is 0 Å². The highest BCUT2D eigenvalue weighted by Crippen LogP contribution is 2.26. The van der Waals surface area contributed by atoms with Gasteiger partial charge in [0.15, 0.2) is 0 Å². The fraction of sp³-hybridized carbons (Fsp3) is 0.0667. The topological polar surface area (TPSA) is 35.0 Å². The Bertz CT molecular complexity index is 742. The maximum atomic E-state index is 13.1. The standard InChI is InChI=1S/C15H11FN2OS/c1-10-18-15(9-20-10)14-8-13(5-6-17-14)19-12-4-2-3-11(16)7-12/h2-9H,1H3. The number of rotatable bonds is 3. The molecular formula is C15H11FN2OS. The Morgan fingerprint density at radius 3 is 2.70 bits per heavy atom. The summed E-state index contributed by atoms with van der Waals surface area (Å²) in [6.45, 7) is 1.95. The van der Waals surface area contributed by atoms with E-state index < -0.39 is 0 Å². The van der Waals surface area contributed by atoms with Crippen molar-refractivity contribution in [2.45, 2.75) is 6.92 Å². The van der Waals surface area contributed by atoms with Crippen molar-refractivity contribution in [2.75, 3.05) is 0 Å². The van der Waals surface area contributed by atoms with Crippen LogP contribution in [0.1, 0.15) is 5.01 Å². The van der Waals surface area contributed by atoms with Crippen LogP contribution in [0.4, 0.5) is 4.39 Å². The number of aromatic nitrogens is 2. The van der Waals surface area contributed by atoms with Crippen LogP contribution in [0.5, 0.6) is 11.5 Å². The molecule has 20 heavy (non-hydrogen) atoms. The minimum atomic E-state index is -0.327. The first-order valence-electron chi connectivity index (χ1n) is 6.03. The Morgan fingerprint density at radius 2 is 1.95 bits per heavy atom. The lowest BCUT2D eigenvalue weighted by Gasteiger charge is -2.06. The molecule has 0 unspecified atom stereocenters. The average molecular weight is 286 g/mol. The third-order valence-corrected chi connectivity index (χ3v) is 3.42. The van der Waals surface area contributed by atoms with E-state index in [4.69, 9.17) is 4.74 Å². The third-order valence-electron chi connectivity index (χ3n) is 2.64. The number of aryl methyl sites for hydroxylation is 1. The van der Waals surface area contributed by atoms with Gasteiger partial charge in [-0.25, -0.2) is 9.37 Å². The summed E-state index contributed by atoms with van der Waals surface area (Å²) in [4.78, 5) is 8.66. The fourth-order valence-electron chi connectivity index (χ4n) is 1.76. The minimum Gasteiger partial charge on any atom is -0.457 e. The Kier molecular flexibility index (Phi) is 3.43. The zero-order chi connectivity index (χ0) is 13.9. The monoisotopic (exact) mass is 286 g/mol. The number of thiazole rings is 1. The van der Waals surface area contributed by atoms with Gasteiger partial charge in [-0.1, -0.05) is 6.07 Å². The normalized spacial score (nSPS) is 10.5. The molecule has 0 aliphatic carbocycles. The van der Waals surface area contributed by atoms with Crippen LogP contribution in [-0.4, -0.2) is 9.97 Å². The first-order valence-corrected chi connectivity index (χ1v) is 6.91. The van der Waals surface area contributed by atoms with Crippen LogP contribution >= 0.6 is 11.3 Å². The van der Waals surface area contributed by atoms with Crippen molar-refractivity contribution in [3.8, 4) is 22.9 Å². The van der Waals surface area contributed by atoms with Gasteiger partial charge in [0.25, 0.3) is 0 Å². The van der Waals surface area contributed by atoms with E-state index in [9.17, 15) is 4.39 Å². The number of hydrogen-bond donors (Lipinski definition) is 0. The van der Waals surface area contributed by atoms with Gasteiger partial charge in [0.05, 0.1) is 16.4 Å². The highest BCUT2D eigenvalue weighted by Gasteiger charge is 2.06. The first-order chi connectivity index (χ1) is 9.70. The van der Waals surface area contributed by atoms with Gasteiger partial charge in [-0.3, -0.25) is 4.98 Å². The van der Waals surface area contributed by atoms with E-state index in [0.29, 0.717) is 11.5 Å². The van der Waals surface area contributed by atoms with Gasteiger partial charge in [0.1, 0.15) is 17.3 Å². The SMILES string of the molecule is Cc1nc(-c2cc(Oc3cccc(F)c3)ccn2)cs1. The summed E-state index contributed by atoms with van der Waals surface area (Å²) < 4.78 is 18.7. The number of ether oxygens (including phenoxy) is 1. The molecule has 0 saturated heterocycles. The van der Waals surface area contributed by atoms with E-state index >= 15 is 0 Å². The molecule has 0 saturated carbocycles. The lowest BCUT2D eigenvalue weighted by Crippen LogP contribution is -1.88. The zero-order valence-electron chi connectivity index (χ0n) is 10.7. The summed E-state index contributed by atoms with van der Waals surface area (Å²) in [6, 6.07) is 9.55. The Balaban J connectivity index is 1.88. The first kappa shape index (κ1) is 12.7. The molecule has 0 amide bonds. The van der Waals surface area contributed by atoms with Crippen molar-refractivity contribution in [2.24, 2.45) is 0 Å². The number of hydrogen-bond acceptors (Lipinski definition) is 4. The molecule has 2 aromatic heterocycles. The second-order valence-corrected chi connectivity index (χ2v) is 5.25. The minimum absolute atomic E-state index is 0.327. The second-order valence-electron chi connectivity index (χ2n) is 4.19. The van der Waals surface area contributed by atoms with Crippen molar-refractivity contribution in [3.05, 3.63) is 58.8 Å². The van der Waals surface area contributed by atoms with Gasteiger partial charge in [-0.2, -0.15) is 0 Å². The smallest absolute Gasteiger partial charge is 0.131 e. The van der Waals surface area contributed by atoms with Crippen molar-refractivity contribution in [1.82, 2.24) is 9.97 Å². The molecule has 2 heterocycles. The molecule has 3 nitrogen and oxygen atoms in total. The van der Waals surface area contributed by atoms with E-state index in [2.05, 4.69) is 9.97 Å². The molecule has 5 heteroatoms. The number of pyridine rings is 1. The van der Waals surface area contributed by atoms with Crippen LogP contribution in [0.15, 0.2) is 48.0 Å². The van der Waals surface area contributed by atoms with Crippen molar-refractivity contribution in [3.63, 3.8) is 0 Å². The number of halogens is 1. The highest BCUT2D eigenvalue weighted by molar-refractivity contribution is 7.09. The van der Waals surface area contributed by atoms with E-state index in [1.54, 1.807) is 41.8 Å². The molecule has 0 aliphatic rings. The summed E-state index contributed by atoms with van der Waals surface area (Å²) in [5.74, 6) is 0.731. The molecular weight excluding hydrogens is 275 g/mol. The number of nitrogens with zero attached hydrogens (tertiary/aromatic N) is 2. The van der Waals surface area contributed by atoms with Gasteiger partial charge < -0.3 is 4.74 Å². The van der Waals surface area contributed by atoms with Gasteiger partial charge in [-0.15, -0.1) is 11.3 Å². The van der Waals surface area contributed by atoms with E-state index in [-0.39, 0.29) is 5.82 Å². The molecule has 0 aliphatic heterocycles. The van der Waals surface area contributed by atoms with Crippen LogP contribution in [0.25, 0.3) is 11.4 Å². The predicted octanol–water partition coefficient (Wildman–Crippen LogP) is 4.44. The molecule has 0 N–H and O–H groups in total. The van der Waals surface area contributed by atoms with Crippen molar-refractivity contribution < 1.29 is 9.13 Å². The molecule has 0 fully saturated rings. The Labute approximate surface area is 119 Å². The quantitative estimate of drug-likeness (QED) is 0.713. The zero-order valence-corrected chi connectivity index (χ0v) is 11.5. The largest absolute Gasteiger partial charge is 0.457 e. The lowest BCUT2D eigenvalue weighted by atomic mass is 10.3. The summed E-state index contributed by atoms with van der Waals surface area (Å²) in [5, 5.41) is 2.93. The Morgan fingerprint density at radius 1 is 1.10 bits per heavy atom. The second kappa shape index (κ2) is 5.38. The van der Waals surface area contributed by atoms with Crippen LogP contribution in [-0.2, 0) is 0 Å². The van der Waals surface area contributed by atoms with Crippen LogP contribution < -0.4 is 4.74 Å². The fourth-order valence-corrected chi connectivity index (χ4v) is 2.37. The molecule has 0 atom stereocenters. The molecule has 1 aromatic carbocycles. The van der Waals surface area contributed by atoms with Crippen molar-refractivity contribution in [1.29, 1.82) is 0 Å². The molecule has 100 valence electrons. The van der Waals surface area contributed by atoms with Crippen LogP contribution in [0, 0.1) is 12.7 Å². The molecule has 0 radical (unpaired) electrons. The van der Waals surface area contributed by atoms with Gasteiger partial charge >= 0.3 is 0 Å². The van der Waals surface area contributed by atoms with Crippen LogP contribution in [0.3, 0.4) is 0 Å². The van der Waals surface area contributed by atoms with Gasteiger partial charge in [0, 0.05) is 23.7 Å². The summed E-state index contributed by atoms with van der Waals surface area (Å²) in [5.41, 5.74) is 1.56. The summed E-state index contributed by atoms with van der Waals surface area (Å²) >= 11 is 1.57. The lowest BCUT2D eigenvalue weighted by molar-refractivity contribution is 0.476. The Hall–Kier alpha value is -2.27. The van der Waals surface area contributed by atoms with E-state index in [1.807, 2.05) is 12.3 Å². The number of benzene rings is 1. The average Bonchev–Trinajstić information content (AvgIpc) is 2.86. The van der Waals surface area contributed by atoms with Crippen molar-refractivity contribution >= 4 is 11.3 Å². The highest BCUT2D eigenvalue weighted by atomic mass is 32.1. The van der Waals surface area contributed by atoms with Gasteiger partial charge in [-0.05, 0) is 25.1 Å². The molecule has 3 aromatic rings. The maximum Gasteiger partial charge on any atom is 0.131 e. The maximum absolute atomic E-state index is 13.1. The molecule has 3 rings (SSSR count). The van der Waals surface area contributed by atoms with Crippen LogP contribution in [0.2, 0.25) is 0 Å². The van der Waals surface area contributed by atoms with E-state index in [1.165, 1.54) is 12.1 Å². The predicted molar refractivity (Wildman–Crippen MR) is 76.6 cm³/mol. The third kappa shape index (κ3) is 2.83. The van der Waals surface area contributed by atoms with E-state index in [0.717, 1.165) is 16.4 Å². The molecule has 0 bridgehead atoms. The summed E-state index contributed by atoms with van der Waals surface area (Å²) in [6.07, 6.45) is 1.65. The molecule has 0 spiro atoms.